The van der Waals surface area contributed by atoms with Crippen molar-refractivity contribution in [2.24, 2.45) is 0 Å². The van der Waals surface area contributed by atoms with E-state index in [1.54, 1.807) is 23.8 Å². The first-order valence-corrected chi connectivity index (χ1v) is 11.0. The summed E-state index contributed by atoms with van der Waals surface area (Å²) in [5.41, 5.74) is 2.30. The van der Waals surface area contributed by atoms with Gasteiger partial charge in [-0.15, -0.1) is 10.2 Å². The number of benzene rings is 3. The lowest BCUT2D eigenvalue weighted by molar-refractivity contribution is 0.408. The number of hydrogen-bond donors (Lipinski definition) is 0. The number of aromatic nitrogens is 4. The molecule has 0 aliphatic heterocycles. The van der Waals surface area contributed by atoms with Gasteiger partial charge in [-0.2, -0.15) is 0 Å². The molecule has 0 fully saturated rings. The monoisotopic (exact) mass is 446 g/mol. The second kappa shape index (κ2) is 8.47. The first kappa shape index (κ1) is 20.3. The molecule has 0 N–H and O–H groups in total. The van der Waals surface area contributed by atoms with Gasteiger partial charge >= 0.3 is 0 Å². The number of thioether (sulfide) groups is 1. The van der Waals surface area contributed by atoms with Crippen LogP contribution in [0.4, 0.5) is 4.39 Å². The van der Waals surface area contributed by atoms with Crippen molar-refractivity contribution in [2.45, 2.75) is 17.5 Å². The van der Waals surface area contributed by atoms with Crippen molar-refractivity contribution >= 4 is 28.4 Å². The smallest absolute Gasteiger partial charge is 0.263 e. The molecule has 6 nitrogen and oxygen atoms in total. The maximum atomic E-state index is 13.6. The Labute approximate surface area is 187 Å². The van der Waals surface area contributed by atoms with Crippen LogP contribution in [0.2, 0.25) is 0 Å². The quantitative estimate of drug-likeness (QED) is 0.359. The van der Waals surface area contributed by atoms with E-state index in [2.05, 4.69) is 10.2 Å². The Hall–Kier alpha value is -3.65. The number of halogens is 1. The summed E-state index contributed by atoms with van der Waals surface area (Å²) >= 11 is 1.44. The molecule has 0 spiro atoms. The number of hydrogen-bond acceptors (Lipinski definition) is 5. The number of ether oxygens (including phenoxy) is 1. The number of methoxy groups -OCH3 is 1. The Bertz CT molecular complexity index is 1490. The molecule has 0 saturated carbocycles. The fourth-order valence-corrected chi connectivity index (χ4v) is 4.63. The van der Waals surface area contributed by atoms with E-state index in [1.165, 1.54) is 23.9 Å². The number of nitrogens with zero attached hydrogens (tertiary/aromatic N) is 4. The highest BCUT2D eigenvalue weighted by atomic mass is 32.2. The van der Waals surface area contributed by atoms with Crippen molar-refractivity contribution in [3.63, 3.8) is 0 Å². The van der Waals surface area contributed by atoms with E-state index < -0.39 is 0 Å². The molecule has 0 aliphatic carbocycles. The van der Waals surface area contributed by atoms with Crippen LogP contribution in [0, 0.1) is 5.82 Å². The zero-order valence-corrected chi connectivity index (χ0v) is 18.1. The summed E-state index contributed by atoms with van der Waals surface area (Å²) in [6.07, 6.45) is 0. The predicted molar refractivity (Wildman–Crippen MR) is 123 cm³/mol. The molecule has 0 bridgehead atoms. The molecular weight excluding hydrogens is 427 g/mol. The van der Waals surface area contributed by atoms with Crippen LogP contribution in [0.5, 0.6) is 5.75 Å². The maximum Gasteiger partial charge on any atom is 0.263 e. The minimum atomic E-state index is -0.273. The van der Waals surface area contributed by atoms with Crippen LogP contribution in [-0.4, -0.2) is 26.3 Å². The fourth-order valence-electron chi connectivity index (χ4n) is 3.75. The third-order valence-electron chi connectivity index (χ3n) is 5.26. The molecule has 0 unspecified atom stereocenters. The zero-order valence-electron chi connectivity index (χ0n) is 17.2. The van der Waals surface area contributed by atoms with Gasteiger partial charge < -0.3 is 4.74 Å². The average Bonchev–Trinajstić information content (AvgIpc) is 3.25. The van der Waals surface area contributed by atoms with Crippen LogP contribution >= 0.6 is 11.8 Å². The molecule has 160 valence electrons. The summed E-state index contributed by atoms with van der Waals surface area (Å²) in [5.74, 6) is 1.40. The van der Waals surface area contributed by atoms with E-state index in [0.29, 0.717) is 34.4 Å². The molecule has 8 heteroatoms. The number of rotatable bonds is 6. The van der Waals surface area contributed by atoms with Crippen LogP contribution in [0.25, 0.3) is 16.7 Å². The van der Waals surface area contributed by atoms with E-state index in [9.17, 15) is 9.18 Å². The molecule has 0 amide bonds. The van der Waals surface area contributed by atoms with Crippen LogP contribution in [0.15, 0.2) is 82.7 Å². The normalized spacial score (nSPS) is 11.3. The second-order valence-electron chi connectivity index (χ2n) is 7.26. The van der Waals surface area contributed by atoms with E-state index in [0.717, 1.165) is 16.6 Å². The van der Waals surface area contributed by atoms with Gasteiger partial charge in [0.1, 0.15) is 11.6 Å². The predicted octanol–water partition coefficient (Wildman–Crippen LogP) is 4.53. The minimum Gasteiger partial charge on any atom is -0.496 e. The lowest BCUT2D eigenvalue weighted by Gasteiger charge is -2.13. The van der Waals surface area contributed by atoms with E-state index in [4.69, 9.17) is 4.74 Å². The van der Waals surface area contributed by atoms with E-state index >= 15 is 0 Å². The van der Waals surface area contributed by atoms with Crippen molar-refractivity contribution in [1.82, 2.24) is 19.2 Å². The average molecular weight is 447 g/mol. The Morgan fingerprint density at radius 1 is 1.00 bits per heavy atom. The summed E-state index contributed by atoms with van der Waals surface area (Å²) < 4.78 is 22.5. The molecule has 0 atom stereocenters. The van der Waals surface area contributed by atoms with Crippen molar-refractivity contribution < 1.29 is 9.13 Å². The first-order valence-electron chi connectivity index (χ1n) is 10.0. The standard InChI is InChI=1S/C24H19FN4O2S/c1-31-21-12-5-2-8-17(21)14-28-22(30)19-10-3-4-11-20(19)29-23(28)26-27-24(29)32-15-16-7-6-9-18(25)13-16/h2-13H,14-15H2,1H3. The maximum absolute atomic E-state index is 13.6. The molecule has 0 saturated heterocycles. The molecule has 2 aromatic heterocycles. The van der Waals surface area contributed by atoms with Gasteiger partial charge in [0.25, 0.3) is 5.56 Å². The third-order valence-corrected chi connectivity index (χ3v) is 6.26. The lowest BCUT2D eigenvalue weighted by atomic mass is 10.2. The highest BCUT2D eigenvalue weighted by Crippen LogP contribution is 2.26. The van der Waals surface area contributed by atoms with E-state index in [-0.39, 0.29) is 11.4 Å². The lowest BCUT2D eigenvalue weighted by Crippen LogP contribution is -2.24. The Kier molecular flexibility index (Phi) is 5.36. The third kappa shape index (κ3) is 3.62. The molecular formula is C24H19FN4O2S. The van der Waals surface area contributed by atoms with Gasteiger partial charge in [0.05, 0.1) is 24.6 Å². The molecule has 3 aromatic carbocycles. The fraction of sp³-hybridized carbons (Fsp3) is 0.125. The van der Waals surface area contributed by atoms with Gasteiger partial charge in [-0.1, -0.05) is 54.2 Å². The van der Waals surface area contributed by atoms with Gasteiger partial charge in [-0.05, 0) is 35.9 Å². The Balaban J connectivity index is 1.64. The highest BCUT2D eigenvalue weighted by Gasteiger charge is 2.18. The number of fused-ring (bicyclic) bond motifs is 3. The summed E-state index contributed by atoms with van der Waals surface area (Å²) in [5, 5.41) is 9.92. The van der Waals surface area contributed by atoms with Gasteiger partial charge in [-0.3, -0.25) is 13.8 Å². The van der Waals surface area contributed by atoms with Crippen LogP contribution < -0.4 is 10.3 Å². The van der Waals surface area contributed by atoms with E-state index in [1.807, 2.05) is 52.9 Å². The molecule has 2 heterocycles. The van der Waals surface area contributed by atoms with Crippen molar-refractivity contribution in [3.05, 3.63) is 100 Å². The Morgan fingerprint density at radius 2 is 1.81 bits per heavy atom. The van der Waals surface area contributed by atoms with Gasteiger partial charge in [0, 0.05) is 11.3 Å². The van der Waals surface area contributed by atoms with Crippen molar-refractivity contribution in [2.75, 3.05) is 7.11 Å². The SMILES string of the molecule is COc1ccccc1Cn1c(=O)c2ccccc2n2c(SCc3cccc(F)c3)nnc12. The number of para-hydroxylation sites is 2. The molecule has 5 aromatic rings. The molecule has 0 radical (unpaired) electrons. The van der Waals surface area contributed by atoms with Gasteiger partial charge in [0.2, 0.25) is 5.78 Å². The van der Waals surface area contributed by atoms with Crippen molar-refractivity contribution in [3.8, 4) is 5.75 Å². The van der Waals surface area contributed by atoms with Gasteiger partial charge in [-0.25, -0.2) is 4.39 Å². The first-order chi connectivity index (χ1) is 15.7. The van der Waals surface area contributed by atoms with Crippen LogP contribution in [0.1, 0.15) is 11.1 Å². The van der Waals surface area contributed by atoms with Gasteiger partial charge in [0.15, 0.2) is 5.16 Å². The molecule has 0 aliphatic rings. The molecule has 5 rings (SSSR count). The minimum absolute atomic E-state index is 0.145. The largest absolute Gasteiger partial charge is 0.496 e. The summed E-state index contributed by atoms with van der Waals surface area (Å²) in [7, 11) is 1.61. The summed E-state index contributed by atoms with van der Waals surface area (Å²) in [6, 6.07) is 21.5. The highest BCUT2D eigenvalue weighted by molar-refractivity contribution is 7.98. The van der Waals surface area contributed by atoms with Crippen LogP contribution in [0.3, 0.4) is 0 Å². The van der Waals surface area contributed by atoms with Crippen molar-refractivity contribution in [1.29, 1.82) is 0 Å². The molecule has 32 heavy (non-hydrogen) atoms. The summed E-state index contributed by atoms with van der Waals surface area (Å²) in [6.45, 7) is 0.296. The summed E-state index contributed by atoms with van der Waals surface area (Å²) in [4.78, 5) is 13.4. The van der Waals surface area contributed by atoms with Crippen LogP contribution in [-0.2, 0) is 12.3 Å². The Morgan fingerprint density at radius 3 is 2.66 bits per heavy atom. The zero-order chi connectivity index (χ0) is 22.1. The topological polar surface area (TPSA) is 61.4 Å². The second-order valence-corrected chi connectivity index (χ2v) is 8.20.